The molecule has 1 aliphatic rings. The van der Waals surface area contributed by atoms with E-state index in [1.807, 2.05) is 30.3 Å². The summed E-state index contributed by atoms with van der Waals surface area (Å²) in [6.07, 6.45) is 2.03. The van der Waals surface area contributed by atoms with Gasteiger partial charge in [-0.15, -0.1) is 0 Å². The van der Waals surface area contributed by atoms with E-state index in [4.69, 9.17) is 9.73 Å². The number of piperidine rings is 1. The van der Waals surface area contributed by atoms with E-state index >= 15 is 0 Å². The smallest absolute Gasteiger partial charge is 0.241 e. The number of hydrogen-bond donors (Lipinski definition) is 2. The molecule has 7 nitrogen and oxygen atoms in total. The SMILES string of the molecule is COc1ccc(CN=C(NCC(=O)N(C)C)NC2CCN(c3ccccc3)CC2)cc1. The maximum Gasteiger partial charge on any atom is 0.241 e. The molecule has 1 amide bonds. The van der Waals surface area contributed by atoms with Crippen LogP contribution in [0.5, 0.6) is 5.75 Å². The van der Waals surface area contributed by atoms with Gasteiger partial charge in [-0.25, -0.2) is 4.99 Å². The number of hydrogen-bond acceptors (Lipinski definition) is 4. The molecule has 2 aromatic carbocycles. The van der Waals surface area contributed by atoms with Crippen molar-refractivity contribution in [1.29, 1.82) is 0 Å². The number of carbonyl (C=O) groups is 1. The van der Waals surface area contributed by atoms with Crippen molar-refractivity contribution in [3.8, 4) is 5.75 Å². The average Bonchev–Trinajstić information content (AvgIpc) is 2.81. The summed E-state index contributed by atoms with van der Waals surface area (Å²) in [5, 5.41) is 6.73. The van der Waals surface area contributed by atoms with Gasteiger partial charge in [-0.05, 0) is 42.7 Å². The first kappa shape index (κ1) is 22.5. The van der Waals surface area contributed by atoms with E-state index in [1.54, 1.807) is 26.1 Å². The number of anilines is 1. The van der Waals surface area contributed by atoms with Crippen LogP contribution in [0.25, 0.3) is 0 Å². The zero-order valence-electron chi connectivity index (χ0n) is 18.7. The Hall–Kier alpha value is -3.22. The second-order valence-corrected chi connectivity index (χ2v) is 7.90. The number of amides is 1. The van der Waals surface area contributed by atoms with Crippen LogP contribution in [0.4, 0.5) is 5.69 Å². The maximum absolute atomic E-state index is 12.0. The van der Waals surface area contributed by atoms with Gasteiger partial charge in [0, 0.05) is 38.9 Å². The predicted octanol–water partition coefficient (Wildman–Crippen LogP) is 2.49. The first-order valence-corrected chi connectivity index (χ1v) is 10.7. The van der Waals surface area contributed by atoms with Crippen molar-refractivity contribution in [2.45, 2.75) is 25.4 Å². The van der Waals surface area contributed by atoms with Gasteiger partial charge in [0.25, 0.3) is 0 Å². The van der Waals surface area contributed by atoms with E-state index in [9.17, 15) is 4.79 Å². The minimum absolute atomic E-state index is 0.0119. The molecule has 1 heterocycles. The Morgan fingerprint density at radius 1 is 1.10 bits per heavy atom. The summed E-state index contributed by atoms with van der Waals surface area (Å²) < 4.78 is 5.22. The summed E-state index contributed by atoms with van der Waals surface area (Å²) >= 11 is 0. The summed E-state index contributed by atoms with van der Waals surface area (Å²) in [6, 6.07) is 18.7. The molecule has 0 spiro atoms. The van der Waals surface area contributed by atoms with Crippen LogP contribution in [-0.2, 0) is 11.3 Å². The summed E-state index contributed by atoms with van der Waals surface area (Å²) in [4.78, 5) is 20.8. The van der Waals surface area contributed by atoms with E-state index in [0.717, 1.165) is 37.2 Å². The molecule has 31 heavy (non-hydrogen) atoms. The second kappa shape index (κ2) is 11.2. The number of carbonyl (C=O) groups excluding carboxylic acids is 1. The summed E-state index contributed by atoms with van der Waals surface area (Å²) in [5.74, 6) is 1.51. The third-order valence-corrected chi connectivity index (χ3v) is 5.44. The van der Waals surface area contributed by atoms with Gasteiger partial charge in [-0.3, -0.25) is 4.79 Å². The number of rotatable bonds is 7. The zero-order chi connectivity index (χ0) is 22.1. The van der Waals surface area contributed by atoms with Gasteiger partial charge in [-0.1, -0.05) is 30.3 Å². The standard InChI is InChI=1S/C24H33N5O2/c1-28(2)23(30)18-26-24(25-17-19-9-11-22(31-3)12-10-19)27-20-13-15-29(16-14-20)21-7-5-4-6-8-21/h4-12,20H,13-18H2,1-3H3,(H2,25,26,27). The minimum atomic E-state index is 0.0119. The molecule has 0 atom stereocenters. The Bertz CT molecular complexity index is 844. The highest BCUT2D eigenvalue weighted by atomic mass is 16.5. The molecule has 0 aliphatic carbocycles. The normalized spacial score (nSPS) is 14.8. The highest BCUT2D eigenvalue weighted by Crippen LogP contribution is 2.19. The van der Waals surface area contributed by atoms with Crippen molar-refractivity contribution in [2.24, 2.45) is 4.99 Å². The van der Waals surface area contributed by atoms with Crippen LogP contribution in [0.2, 0.25) is 0 Å². The minimum Gasteiger partial charge on any atom is -0.497 e. The van der Waals surface area contributed by atoms with Gasteiger partial charge in [0.15, 0.2) is 5.96 Å². The van der Waals surface area contributed by atoms with Crippen molar-refractivity contribution in [3.05, 3.63) is 60.2 Å². The van der Waals surface area contributed by atoms with Crippen LogP contribution in [0.3, 0.4) is 0 Å². The largest absolute Gasteiger partial charge is 0.497 e. The maximum atomic E-state index is 12.0. The summed E-state index contributed by atoms with van der Waals surface area (Å²) in [6.45, 7) is 2.72. The van der Waals surface area contributed by atoms with Gasteiger partial charge >= 0.3 is 0 Å². The third-order valence-electron chi connectivity index (χ3n) is 5.44. The molecule has 0 radical (unpaired) electrons. The van der Waals surface area contributed by atoms with E-state index < -0.39 is 0 Å². The van der Waals surface area contributed by atoms with Crippen molar-refractivity contribution in [1.82, 2.24) is 15.5 Å². The fraction of sp³-hybridized carbons (Fsp3) is 0.417. The number of nitrogens with one attached hydrogen (secondary N) is 2. The number of nitrogens with zero attached hydrogens (tertiary/aromatic N) is 3. The number of likely N-dealkylation sites (N-methyl/N-ethyl adjacent to an activating group) is 1. The molecule has 0 unspecified atom stereocenters. The van der Waals surface area contributed by atoms with E-state index in [1.165, 1.54) is 5.69 Å². The number of ether oxygens (including phenoxy) is 1. The number of benzene rings is 2. The molecule has 1 fully saturated rings. The number of aliphatic imine (C=N–C) groups is 1. The second-order valence-electron chi connectivity index (χ2n) is 7.90. The quantitative estimate of drug-likeness (QED) is 0.529. The summed E-state index contributed by atoms with van der Waals surface area (Å²) in [5.41, 5.74) is 2.35. The van der Waals surface area contributed by atoms with E-state index in [-0.39, 0.29) is 12.5 Å². The van der Waals surface area contributed by atoms with Crippen LogP contribution >= 0.6 is 0 Å². The molecule has 0 bridgehead atoms. The van der Waals surface area contributed by atoms with Gasteiger partial charge in [0.1, 0.15) is 5.75 Å². The molecule has 2 N–H and O–H groups in total. The van der Waals surface area contributed by atoms with Gasteiger partial charge < -0.3 is 25.2 Å². The van der Waals surface area contributed by atoms with Crippen molar-refractivity contribution >= 4 is 17.6 Å². The molecule has 0 saturated carbocycles. The Balaban J connectivity index is 1.59. The lowest BCUT2D eigenvalue weighted by Crippen LogP contribution is -2.50. The molecule has 166 valence electrons. The zero-order valence-corrected chi connectivity index (χ0v) is 18.7. The van der Waals surface area contributed by atoms with Crippen molar-refractivity contribution in [2.75, 3.05) is 45.7 Å². The summed E-state index contributed by atoms with van der Waals surface area (Å²) in [7, 11) is 5.17. The van der Waals surface area contributed by atoms with Crippen LogP contribution < -0.4 is 20.3 Å². The molecular formula is C24H33N5O2. The fourth-order valence-corrected chi connectivity index (χ4v) is 3.49. The molecular weight excluding hydrogens is 390 g/mol. The number of para-hydroxylation sites is 1. The van der Waals surface area contributed by atoms with Gasteiger partial charge in [0.05, 0.1) is 20.2 Å². The highest BCUT2D eigenvalue weighted by Gasteiger charge is 2.20. The molecule has 2 aromatic rings. The van der Waals surface area contributed by atoms with Gasteiger partial charge in [-0.2, -0.15) is 0 Å². The number of guanidine groups is 1. The van der Waals surface area contributed by atoms with Crippen molar-refractivity contribution in [3.63, 3.8) is 0 Å². The van der Waals surface area contributed by atoms with Crippen LogP contribution in [0, 0.1) is 0 Å². The first-order valence-electron chi connectivity index (χ1n) is 10.7. The van der Waals surface area contributed by atoms with Gasteiger partial charge in [0.2, 0.25) is 5.91 Å². The lowest BCUT2D eigenvalue weighted by Gasteiger charge is -2.34. The fourth-order valence-electron chi connectivity index (χ4n) is 3.49. The average molecular weight is 424 g/mol. The Labute approximate surface area is 185 Å². The number of methoxy groups -OCH3 is 1. The Kier molecular flexibility index (Phi) is 8.15. The molecule has 0 aromatic heterocycles. The third kappa shape index (κ3) is 6.91. The molecule has 7 heteroatoms. The topological polar surface area (TPSA) is 69.2 Å². The highest BCUT2D eigenvalue weighted by molar-refractivity contribution is 5.86. The lowest BCUT2D eigenvalue weighted by molar-refractivity contribution is -0.127. The predicted molar refractivity (Wildman–Crippen MR) is 126 cm³/mol. The Morgan fingerprint density at radius 3 is 2.39 bits per heavy atom. The Morgan fingerprint density at radius 2 is 1.77 bits per heavy atom. The first-order chi connectivity index (χ1) is 15.0. The van der Waals surface area contributed by atoms with E-state index in [0.29, 0.717) is 18.5 Å². The van der Waals surface area contributed by atoms with Crippen LogP contribution in [0.15, 0.2) is 59.6 Å². The molecule has 3 rings (SSSR count). The molecule has 1 saturated heterocycles. The van der Waals surface area contributed by atoms with Crippen molar-refractivity contribution < 1.29 is 9.53 Å². The monoisotopic (exact) mass is 423 g/mol. The lowest BCUT2D eigenvalue weighted by atomic mass is 10.0. The molecule has 1 aliphatic heterocycles. The van der Waals surface area contributed by atoms with Crippen LogP contribution in [-0.4, -0.2) is 63.6 Å². The van der Waals surface area contributed by atoms with E-state index in [2.05, 4.69) is 39.8 Å². The van der Waals surface area contributed by atoms with Crippen LogP contribution in [0.1, 0.15) is 18.4 Å².